The lowest BCUT2D eigenvalue weighted by molar-refractivity contribution is 0.477. The van der Waals surface area contributed by atoms with Gasteiger partial charge in [-0.05, 0) is 124 Å². The molecule has 57 heavy (non-hydrogen) atoms. The number of aromatic nitrogens is 3. The van der Waals surface area contributed by atoms with Gasteiger partial charge in [0.15, 0.2) is 0 Å². The standard InChI is InChI=1S/C53H43N3O/c1-35(2)29-42-33-45(25-26-46(42)39-15-8-5-9-16-39)56-50-19-12-18-47(52(50)55-53(56)48-17-10-11-20-51(48)57)43-30-41(37-13-6-4-7-14-37)31-44(32-43)49-34-40(27-28-54-49)38-23-21-36(3)22-24-38/h4-28,30-35,57H,29H2,1-3H3. The fourth-order valence-electron chi connectivity index (χ4n) is 7.91. The molecule has 0 fully saturated rings. The first-order chi connectivity index (χ1) is 27.9. The number of phenolic OH excluding ortho intramolecular Hbond substituents is 1. The van der Waals surface area contributed by atoms with Crippen molar-refractivity contribution in [3.05, 3.63) is 193 Å². The maximum absolute atomic E-state index is 11.3. The van der Waals surface area contributed by atoms with Crippen LogP contribution in [-0.4, -0.2) is 19.6 Å². The van der Waals surface area contributed by atoms with Crippen molar-refractivity contribution in [2.75, 3.05) is 0 Å². The Balaban J connectivity index is 1.26. The summed E-state index contributed by atoms with van der Waals surface area (Å²) in [7, 11) is 0. The number of pyridine rings is 1. The Morgan fingerprint density at radius 3 is 1.95 bits per heavy atom. The molecular weight excluding hydrogens is 695 g/mol. The number of benzene rings is 7. The fourth-order valence-corrected chi connectivity index (χ4v) is 7.91. The van der Waals surface area contributed by atoms with Gasteiger partial charge in [-0.2, -0.15) is 0 Å². The first-order valence-electron chi connectivity index (χ1n) is 19.6. The molecule has 0 amide bonds. The topological polar surface area (TPSA) is 50.9 Å². The van der Waals surface area contributed by atoms with Crippen molar-refractivity contribution >= 4 is 11.0 Å². The molecule has 0 atom stereocenters. The summed E-state index contributed by atoms with van der Waals surface area (Å²) in [5.74, 6) is 1.34. The fraction of sp³-hybridized carbons (Fsp3) is 0.0943. The lowest BCUT2D eigenvalue weighted by Crippen LogP contribution is -2.02. The molecule has 0 aliphatic carbocycles. The van der Waals surface area contributed by atoms with Gasteiger partial charge in [0, 0.05) is 23.0 Å². The van der Waals surface area contributed by atoms with Crippen LogP contribution in [0.5, 0.6) is 5.75 Å². The van der Waals surface area contributed by atoms with E-state index in [0.717, 1.165) is 67.8 Å². The first kappa shape index (κ1) is 35.6. The van der Waals surface area contributed by atoms with Crippen LogP contribution in [0.4, 0.5) is 0 Å². The third-order valence-corrected chi connectivity index (χ3v) is 10.7. The molecule has 9 rings (SSSR count). The Hall–Kier alpha value is -7.04. The van der Waals surface area contributed by atoms with E-state index >= 15 is 0 Å². The Morgan fingerprint density at radius 1 is 0.526 bits per heavy atom. The van der Waals surface area contributed by atoms with Gasteiger partial charge in [-0.1, -0.05) is 135 Å². The summed E-state index contributed by atoms with van der Waals surface area (Å²) in [5, 5.41) is 11.3. The molecule has 0 aliphatic rings. The molecule has 0 saturated heterocycles. The molecule has 4 nitrogen and oxygen atoms in total. The summed E-state index contributed by atoms with van der Waals surface area (Å²) in [6, 6.07) is 61.3. The summed E-state index contributed by atoms with van der Waals surface area (Å²) in [6.45, 7) is 6.64. The highest BCUT2D eigenvalue weighted by atomic mass is 16.3. The molecule has 0 radical (unpaired) electrons. The quantitative estimate of drug-likeness (QED) is 0.160. The summed E-state index contributed by atoms with van der Waals surface area (Å²) in [6.07, 6.45) is 2.83. The van der Waals surface area contributed by atoms with Gasteiger partial charge in [-0.15, -0.1) is 0 Å². The molecule has 0 spiro atoms. The van der Waals surface area contributed by atoms with Crippen molar-refractivity contribution < 1.29 is 5.11 Å². The zero-order valence-electron chi connectivity index (χ0n) is 32.4. The van der Waals surface area contributed by atoms with E-state index in [1.165, 1.54) is 22.3 Å². The number of phenols is 1. The van der Waals surface area contributed by atoms with E-state index in [2.05, 4.69) is 171 Å². The molecule has 276 valence electrons. The van der Waals surface area contributed by atoms with Crippen molar-refractivity contribution in [2.45, 2.75) is 27.2 Å². The van der Waals surface area contributed by atoms with Crippen LogP contribution < -0.4 is 0 Å². The van der Waals surface area contributed by atoms with Crippen LogP contribution in [0, 0.1) is 12.8 Å². The summed E-state index contributed by atoms with van der Waals surface area (Å²) < 4.78 is 2.21. The van der Waals surface area contributed by atoms with E-state index in [-0.39, 0.29) is 5.75 Å². The molecule has 0 bridgehead atoms. The molecule has 0 unspecified atom stereocenters. The van der Waals surface area contributed by atoms with Crippen molar-refractivity contribution in [3.8, 4) is 78.6 Å². The minimum absolute atomic E-state index is 0.187. The molecule has 7 aromatic carbocycles. The van der Waals surface area contributed by atoms with Crippen molar-refractivity contribution in [1.82, 2.24) is 14.5 Å². The van der Waals surface area contributed by atoms with Crippen LogP contribution in [0.1, 0.15) is 25.0 Å². The number of aromatic hydroxyl groups is 1. The zero-order valence-corrected chi connectivity index (χ0v) is 32.4. The van der Waals surface area contributed by atoms with Crippen molar-refractivity contribution in [1.29, 1.82) is 0 Å². The van der Waals surface area contributed by atoms with Crippen LogP contribution in [0.15, 0.2) is 182 Å². The molecule has 1 N–H and O–H groups in total. The average molecular weight is 738 g/mol. The maximum Gasteiger partial charge on any atom is 0.149 e. The van der Waals surface area contributed by atoms with Gasteiger partial charge in [0.1, 0.15) is 11.6 Å². The van der Waals surface area contributed by atoms with Crippen molar-refractivity contribution in [3.63, 3.8) is 0 Å². The van der Waals surface area contributed by atoms with Crippen LogP contribution in [-0.2, 0) is 6.42 Å². The largest absolute Gasteiger partial charge is 0.507 e. The SMILES string of the molecule is Cc1ccc(-c2ccnc(-c3cc(-c4ccccc4)cc(-c4cccc5c4nc(-c4ccccc4O)n5-c4ccc(-c5ccccc5)c(CC(C)C)c4)c3)c2)cc1. The van der Waals surface area contributed by atoms with Crippen molar-refractivity contribution in [2.24, 2.45) is 5.92 Å². The highest BCUT2D eigenvalue weighted by Gasteiger charge is 2.21. The highest BCUT2D eigenvalue weighted by Crippen LogP contribution is 2.40. The smallest absolute Gasteiger partial charge is 0.149 e. The Morgan fingerprint density at radius 2 is 1.19 bits per heavy atom. The second kappa shape index (κ2) is 15.2. The first-order valence-corrected chi connectivity index (χ1v) is 19.6. The second-order valence-corrected chi connectivity index (χ2v) is 15.2. The van der Waals surface area contributed by atoms with Gasteiger partial charge in [-0.25, -0.2) is 4.98 Å². The number of imidazole rings is 1. The molecular formula is C53H43N3O. The lowest BCUT2D eigenvalue weighted by atomic mass is 9.93. The highest BCUT2D eigenvalue weighted by molar-refractivity contribution is 5.97. The summed E-state index contributed by atoms with van der Waals surface area (Å²) in [4.78, 5) is 10.3. The van der Waals surface area contributed by atoms with Crippen LogP contribution in [0.2, 0.25) is 0 Å². The molecule has 0 saturated carbocycles. The van der Waals surface area contributed by atoms with E-state index in [4.69, 9.17) is 9.97 Å². The van der Waals surface area contributed by atoms with Gasteiger partial charge < -0.3 is 5.11 Å². The third-order valence-electron chi connectivity index (χ3n) is 10.7. The number of rotatable bonds is 9. The van der Waals surface area contributed by atoms with Gasteiger partial charge in [0.2, 0.25) is 0 Å². The number of hydrogen-bond acceptors (Lipinski definition) is 3. The normalized spacial score (nSPS) is 11.4. The number of para-hydroxylation sites is 2. The predicted octanol–water partition coefficient (Wildman–Crippen LogP) is 13.6. The van der Waals surface area contributed by atoms with E-state index in [0.29, 0.717) is 17.3 Å². The maximum atomic E-state index is 11.3. The van der Waals surface area contributed by atoms with E-state index in [9.17, 15) is 5.11 Å². The Kier molecular flexibility index (Phi) is 9.53. The van der Waals surface area contributed by atoms with Crippen LogP contribution in [0.25, 0.3) is 83.9 Å². The molecule has 0 aliphatic heterocycles. The van der Waals surface area contributed by atoms with E-state index in [1.807, 2.05) is 30.5 Å². The second-order valence-electron chi connectivity index (χ2n) is 15.2. The van der Waals surface area contributed by atoms with E-state index < -0.39 is 0 Å². The van der Waals surface area contributed by atoms with Gasteiger partial charge in [0.25, 0.3) is 0 Å². The molecule has 4 heteroatoms. The molecule has 9 aromatic rings. The number of fused-ring (bicyclic) bond motifs is 1. The minimum Gasteiger partial charge on any atom is -0.507 e. The average Bonchev–Trinajstić information content (AvgIpc) is 3.64. The zero-order chi connectivity index (χ0) is 38.9. The Labute approximate surface area is 334 Å². The monoisotopic (exact) mass is 737 g/mol. The Bertz CT molecular complexity index is 2860. The lowest BCUT2D eigenvalue weighted by Gasteiger charge is -2.17. The van der Waals surface area contributed by atoms with Gasteiger partial charge >= 0.3 is 0 Å². The molecule has 2 aromatic heterocycles. The number of nitrogens with zero attached hydrogens (tertiary/aromatic N) is 3. The summed E-state index contributed by atoms with van der Waals surface area (Å²) >= 11 is 0. The third kappa shape index (κ3) is 7.14. The number of hydrogen-bond donors (Lipinski definition) is 1. The van der Waals surface area contributed by atoms with Crippen LogP contribution in [0.3, 0.4) is 0 Å². The van der Waals surface area contributed by atoms with Gasteiger partial charge in [0.05, 0.1) is 22.3 Å². The van der Waals surface area contributed by atoms with Gasteiger partial charge in [-0.3, -0.25) is 9.55 Å². The minimum atomic E-state index is 0.187. The number of aryl methyl sites for hydroxylation is 1. The predicted molar refractivity (Wildman–Crippen MR) is 236 cm³/mol. The van der Waals surface area contributed by atoms with E-state index in [1.54, 1.807) is 6.07 Å². The summed E-state index contributed by atoms with van der Waals surface area (Å²) in [5.41, 5.74) is 16.9. The molecule has 2 heterocycles. The van der Waals surface area contributed by atoms with Crippen LogP contribution >= 0.6 is 0 Å².